The monoisotopic (exact) mass is 362 g/mol. The number of aromatic amines is 1. The van der Waals surface area contributed by atoms with E-state index in [1.165, 1.54) is 0 Å². The Bertz CT molecular complexity index is 1040. The highest BCUT2D eigenvalue weighted by Crippen LogP contribution is 2.33. The lowest BCUT2D eigenvalue weighted by Crippen LogP contribution is -2.08. The lowest BCUT2D eigenvalue weighted by atomic mass is 10.0. The lowest BCUT2D eigenvalue weighted by molar-refractivity contribution is 0.277. The van der Waals surface area contributed by atoms with Crippen LogP contribution in [0.5, 0.6) is 0 Å². The molecule has 0 radical (unpaired) electrons. The van der Waals surface area contributed by atoms with Gasteiger partial charge in [0.25, 0.3) is 0 Å². The van der Waals surface area contributed by atoms with Crippen molar-refractivity contribution in [1.82, 2.24) is 9.97 Å². The van der Waals surface area contributed by atoms with Gasteiger partial charge in [-0.15, -0.1) is 0 Å². The van der Waals surface area contributed by atoms with Crippen molar-refractivity contribution in [1.29, 1.82) is 0 Å². The molecule has 0 saturated heterocycles. The molecule has 4 nitrogen and oxygen atoms in total. The van der Waals surface area contributed by atoms with Crippen molar-refractivity contribution in [2.45, 2.75) is 17.9 Å². The van der Waals surface area contributed by atoms with E-state index in [2.05, 4.69) is 9.97 Å². The number of H-pyrrole nitrogens is 1. The number of nitrogens with one attached hydrogen (secondary N) is 1. The predicted octanol–water partition coefficient (Wildman–Crippen LogP) is 4.70. The number of hydrogen-bond acceptors (Lipinski definition) is 3. The van der Waals surface area contributed by atoms with Crippen molar-refractivity contribution in [3.8, 4) is 0 Å². The van der Waals surface area contributed by atoms with Crippen LogP contribution in [0.1, 0.15) is 22.8 Å². The Morgan fingerprint density at radius 1 is 1.00 bits per heavy atom. The Labute approximate surface area is 154 Å². The Morgan fingerprint density at radius 3 is 2.54 bits per heavy atom. The fraction of sp³-hybridized carbons (Fsp3) is 0.0952. The van der Waals surface area contributed by atoms with Gasteiger partial charge in [0.15, 0.2) is 11.1 Å². The van der Waals surface area contributed by atoms with Crippen molar-refractivity contribution >= 4 is 22.1 Å². The third-order valence-electron chi connectivity index (χ3n) is 4.26. The second-order valence-electron chi connectivity index (χ2n) is 6.08. The summed E-state index contributed by atoms with van der Waals surface area (Å²) in [5.74, 6) is 0. The highest BCUT2D eigenvalue weighted by atomic mass is 32.2. The van der Waals surface area contributed by atoms with Gasteiger partial charge in [-0.1, -0.05) is 48.0 Å². The number of fused-ring (bicyclic) bond motifs is 1. The Balaban J connectivity index is 1.74. The van der Waals surface area contributed by atoms with E-state index in [1.807, 2.05) is 79.9 Å². The molecule has 5 heteroatoms. The second kappa shape index (κ2) is 7.23. The average Bonchev–Trinajstić information content (AvgIpc) is 3.11. The van der Waals surface area contributed by atoms with E-state index in [0.717, 1.165) is 27.7 Å². The van der Waals surface area contributed by atoms with Gasteiger partial charge in [0.05, 0.1) is 4.90 Å². The van der Waals surface area contributed by atoms with Gasteiger partial charge in [0.2, 0.25) is 0 Å². The molecule has 4 rings (SSSR count). The minimum absolute atomic E-state index is 0.462. The van der Waals surface area contributed by atoms with E-state index in [-0.39, 0.29) is 0 Å². The normalized spacial score (nSPS) is 13.6. The largest absolute Gasteiger partial charge is 0.346 e. The molecule has 0 bridgehead atoms. The summed E-state index contributed by atoms with van der Waals surface area (Å²) in [6, 6.07) is 21.2. The van der Waals surface area contributed by atoms with Crippen molar-refractivity contribution in [2.75, 3.05) is 0 Å². The molecule has 0 saturated carbocycles. The first kappa shape index (κ1) is 16.7. The van der Waals surface area contributed by atoms with Crippen LogP contribution in [0.2, 0.25) is 0 Å². The number of aromatic nitrogens is 2. The van der Waals surface area contributed by atoms with Crippen molar-refractivity contribution in [2.24, 2.45) is 0 Å². The van der Waals surface area contributed by atoms with Crippen LogP contribution in [-0.4, -0.2) is 14.2 Å². The first-order valence-corrected chi connectivity index (χ1v) is 9.42. The maximum absolute atomic E-state index is 12.8. The van der Waals surface area contributed by atoms with Crippen LogP contribution in [0.4, 0.5) is 0 Å². The number of aryl methyl sites for hydroxylation is 1. The second-order valence-corrected chi connectivity index (χ2v) is 7.21. The van der Waals surface area contributed by atoms with Crippen LogP contribution in [0, 0.1) is 6.92 Å². The fourth-order valence-corrected chi connectivity index (χ4v) is 3.76. The molecular formula is C21H18N2O2S. The number of benzene rings is 2. The SMILES string of the molecule is Cc1ccc(S(=O)OC(c2ccccc2)c2c[nH]c3ncccc23)cc1. The van der Waals surface area contributed by atoms with E-state index in [9.17, 15) is 4.21 Å². The summed E-state index contributed by atoms with van der Waals surface area (Å²) in [6.07, 6.45) is 3.16. The van der Waals surface area contributed by atoms with Gasteiger partial charge >= 0.3 is 0 Å². The highest BCUT2D eigenvalue weighted by molar-refractivity contribution is 7.80. The Kier molecular flexibility index (Phi) is 4.65. The number of rotatable bonds is 5. The summed E-state index contributed by atoms with van der Waals surface area (Å²) in [5, 5.41) is 0.960. The Hall–Kier alpha value is -2.76. The smallest absolute Gasteiger partial charge is 0.190 e. The molecule has 0 aliphatic heterocycles. The predicted molar refractivity (Wildman–Crippen MR) is 103 cm³/mol. The average molecular weight is 362 g/mol. The van der Waals surface area contributed by atoms with E-state index < -0.39 is 17.2 Å². The quantitative estimate of drug-likeness (QED) is 0.560. The van der Waals surface area contributed by atoms with Gasteiger partial charge in [-0.25, -0.2) is 9.19 Å². The molecule has 2 unspecified atom stereocenters. The molecule has 2 aromatic heterocycles. The van der Waals surface area contributed by atoms with E-state index in [1.54, 1.807) is 6.20 Å². The molecule has 0 aliphatic rings. The first-order chi connectivity index (χ1) is 12.7. The van der Waals surface area contributed by atoms with Gasteiger partial charge in [-0.2, -0.15) is 0 Å². The molecule has 4 aromatic rings. The van der Waals surface area contributed by atoms with E-state index in [4.69, 9.17) is 4.18 Å². The molecule has 0 spiro atoms. The Morgan fingerprint density at radius 2 is 1.77 bits per heavy atom. The molecular weight excluding hydrogens is 344 g/mol. The lowest BCUT2D eigenvalue weighted by Gasteiger charge is -2.17. The molecule has 2 aromatic carbocycles. The van der Waals surface area contributed by atoms with Crippen LogP contribution < -0.4 is 0 Å². The zero-order valence-electron chi connectivity index (χ0n) is 14.3. The fourth-order valence-electron chi connectivity index (χ4n) is 2.90. The minimum atomic E-state index is -1.58. The minimum Gasteiger partial charge on any atom is -0.346 e. The van der Waals surface area contributed by atoms with Crippen molar-refractivity contribution in [3.63, 3.8) is 0 Å². The molecule has 0 aliphatic carbocycles. The summed E-state index contributed by atoms with van der Waals surface area (Å²) in [6.45, 7) is 2.00. The molecule has 2 heterocycles. The molecule has 26 heavy (non-hydrogen) atoms. The number of nitrogens with zero attached hydrogens (tertiary/aromatic N) is 1. The molecule has 2 atom stereocenters. The standard InChI is InChI=1S/C21H18N2O2S/c1-15-9-11-17(12-10-15)26(24)25-20(16-6-3-2-4-7-16)19-14-23-21-18(19)8-5-13-22-21/h2-14,20H,1H3,(H,22,23). The van der Waals surface area contributed by atoms with Crippen molar-refractivity contribution < 1.29 is 8.39 Å². The molecule has 0 fully saturated rings. The van der Waals surface area contributed by atoms with Crippen LogP contribution in [0.15, 0.2) is 84.0 Å². The maximum atomic E-state index is 12.8. The van der Waals surface area contributed by atoms with Crippen LogP contribution >= 0.6 is 0 Å². The summed E-state index contributed by atoms with van der Waals surface area (Å²) in [5.41, 5.74) is 3.76. The molecule has 1 N–H and O–H groups in total. The topological polar surface area (TPSA) is 55.0 Å². The summed E-state index contributed by atoms with van der Waals surface area (Å²) in [4.78, 5) is 8.15. The number of hydrogen-bond donors (Lipinski definition) is 1. The van der Waals surface area contributed by atoms with E-state index >= 15 is 0 Å². The third-order valence-corrected chi connectivity index (χ3v) is 5.29. The number of pyridine rings is 1. The summed E-state index contributed by atoms with van der Waals surface area (Å²) in [7, 11) is 0. The van der Waals surface area contributed by atoms with Gasteiger partial charge in [0.1, 0.15) is 11.8 Å². The molecule has 130 valence electrons. The zero-order chi connectivity index (χ0) is 17.9. The molecule has 0 amide bonds. The van der Waals surface area contributed by atoms with Gasteiger partial charge in [-0.05, 0) is 36.8 Å². The van der Waals surface area contributed by atoms with E-state index in [0.29, 0.717) is 4.90 Å². The zero-order valence-corrected chi connectivity index (χ0v) is 15.1. The highest BCUT2D eigenvalue weighted by Gasteiger charge is 2.22. The first-order valence-electron chi connectivity index (χ1n) is 8.35. The summed E-state index contributed by atoms with van der Waals surface area (Å²) >= 11 is -1.58. The van der Waals surface area contributed by atoms with Crippen LogP contribution in [0.25, 0.3) is 11.0 Å². The maximum Gasteiger partial charge on any atom is 0.190 e. The third kappa shape index (κ3) is 3.31. The van der Waals surface area contributed by atoms with Crippen LogP contribution in [-0.2, 0) is 15.3 Å². The van der Waals surface area contributed by atoms with Gasteiger partial charge in [-0.3, -0.25) is 4.18 Å². The van der Waals surface area contributed by atoms with Crippen molar-refractivity contribution in [3.05, 3.63) is 95.8 Å². The van der Waals surface area contributed by atoms with Crippen LogP contribution in [0.3, 0.4) is 0 Å². The van der Waals surface area contributed by atoms with Gasteiger partial charge < -0.3 is 4.98 Å². The summed E-state index contributed by atoms with van der Waals surface area (Å²) < 4.78 is 18.9. The van der Waals surface area contributed by atoms with Gasteiger partial charge in [0, 0.05) is 23.3 Å².